The number of likely N-dealkylation sites (tertiary alicyclic amines) is 1. The highest BCUT2D eigenvalue weighted by molar-refractivity contribution is 6.31. The number of carbonyl (C=O) groups excluding carboxylic acids is 1. The molecule has 0 bridgehead atoms. The minimum Gasteiger partial charge on any atom is -0.489 e. The van der Waals surface area contributed by atoms with E-state index in [2.05, 4.69) is 43.0 Å². The first-order chi connectivity index (χ1) is 19.4. The molecule has 1 amide bonds. The summed E-state index contributed by atoms with van der Waals surface area (Å²) < 4.78 is 25.7. The second-order valence-electron chi connectivity index (χ2n) is 9.34. The number of ether oxygens (including phenoxy) is 1. The number of amides is 1. The molecule has 1 fully saturated rings. The summed E-state index contributed by atoms with van der Waals surface area (Å²) in [6.07, 6.45) is 4.75. The maximum Gasteiger partial charge on any atom is 0.293 e. The van der Waals surface area contributed by atoms with Crippen molar-refractivity contribution < 1.29 is 18.6 Å². The van der Waals surface area contributed by atoms with Gasteiger partial charge in [-0.15, -0.1) is 5.10 Å². The number of nitrogens with one attached hydrogen (secondary N) is 1. The Bertz CT molecular complexity index is 1490. The fraction of sp³-hybridized carbons (Fsp3) is 0.308. The Kier molecular flexibility index (Phi) is 8.31. The minimum absolute atomic E-state index is 0.00965. The van der Waals surface area contributed by atoms with Gasteiger partial charge >= 0.3 is 0 Å². The number of hydrazone groups is 1. The van der Waals surface area contributed by atoms with Gasteiger partial charge in [0.25, 0.3) is 5.91 Å². The quantitative estimate of drug-likeness (QED) is 0.228. The molecular formula is C26H27ClFN9O3. The van der Waals surface area contributed by atoms with Crippen LogP contribution < -0.4 is 15.9 Å². The molecule has 3 N–H and O–H groups in total. The van der Waals surface area contributed by atoms with Crippen molar-refractivity contribution in [3.8, 4) is 11.6 Å². The lowest BCUT2D eigenvalue weighted by Crippen LogP contribution is -2.38. The van der Waals surface area contributed by atoms with Crippen LogP contribution >= 0.6 is 11.6 Å². The van der Waals surface area contributed by atoms with Gasteiger partial charge in [0.1, 0.15) is 18.2 Å². The number of nitrogen functional groups attached to an aromatic ring is 1. The van der Waals surface area contributed by atoms with Crippen molar-refractivity contribution in [2.75, 3.05) is 12.3 Å². The number of anilines is 1. The fourth-order valence-electron chi connectivity index (χ4n) is 4.41. The summed E-state index contributed by atoms with van der Waals surface area (Å²) in [6, 6.07) is 11.7. The predicted molar refractivity (Wildman–Crippen MR) is 145 cm³/mol. The van der Waals surface area contributed by atoms with Crippen molar-refractivity contribution in [3.05, 3.63) is 75.8 Å². The Morgan fingerprint density at radius 2 is 2.10 bits per heavy atom. The fourth-order valence-corrected chi connectivity index (χ4v) is 4.62. The Morgan fingerprint density at radius 3 is 2.83 bits per heavy atom. The zero-order valence-corrected chi connectivity index (χ0v) is 22.4. The molecule has 2 aromatic heterocycles. The summed E-state index contributed by atoms with van der Waals surface area (Å²) in [7, 11) is 0. The molecule has 1 unspecified atom stereocenters. The van der Waals surface area contributed by atoms with Crippen LogP contribution in [0.2, 0.25) is 5.02 Å². The Morgan fingerprint density at radius 1 is 1.27 bits per heavy atom. The average molecular weight is 568 g/mol. The van der Waals surface area contributed by atoms with E-state index in [-0.39, 0.29) is 29.5 Å². The van der Waals surface area contributed by atoms with Crippen LogP contribution in [0.4, 0.5) is 10.2 Å². The number of hydrogen-bond donors (Lipinski definition) is 2. The Hall–Kier alpha value is -4.36. The van der Waals surface area contributed by atoms with Gasteiger partial charge in [0.05, 0.1) is 16.9 Å². The zero-order chi connectivity index (χ0) is 28.1. The SMILES string of the molecule is CC1CCCCN1Cc1c(C(=O)N/N=C\c2ccc(OCc3c(F)cccc3Cl)cc2)nnn1-c1nonc1N. The third-order valence-corrected chi connectivity index (χ3v) is 7.03. The van der Waals surface area contributed by atoms with Crippen LogP contribution in [0.25, 0.3) is 5.82 Å². The van der Waals surface area contributed by atoms with Crippen molar-refractivity contribution >= 4 is 29.5 Å². The van der Waals surface area contributed by atoms with Gasteiger partial charge in [0.15, 0.2) is 5.69 Å². The second-order valence-corrected chi connectivity index (χ2v) is 9.75. The molecule has 1 aliphatic heterocycles. The number of piperidine rings is 1. The van der Waals surface area contributed by atoms with Gasteiger partial charge in [-0.05, 0) is 78.6 Å². The van der Waals surface area contributed by atoms with E-state index in [1.165, 1.54) is 23.0 Å². The van der Waals surface area contributed by atoms with Crippen LogP contribution in [0.1, 0.15) is 53.5 Å². The number of nitrogens with two attached hydrogens (primary N) is 1. The molecule has 0 spiro atoms. The van der Waals surface area contributed by atoms with Crippen LogP contribution in [0.5, 0.6) is 5.75 Å². The van der Waals surface area contributed by atoms with E-state index in [1.807, 2.05) is 0 Å². The molecular weight excluding hydrogens is 541 g/mol. The first-order valence-electron chi connectivity index (χ1n) is 12.7. The number of rotatable bonds is 9. The van der Waals surface area contributed by atoms with E-state index in [0.717, 1.165) is 25.8 Å². The van der Waals surface area contributed by atoms with Crippen molar-refractivity contribution in [2.45, 2.75) is 45.4 Å². The molecule has 0 radical (unpaired) electrons. The smallest absolute Gasteiger partial charge is 0.293 e. The van der Waals surface area contributed by atoms with Gasteiger partial charge < -0.3 is 10.5 Å². The molecule has 0 aliphatic carbocycles. The third-order valence-electron chi connectivity index (χ3n) is 6.67. The molecule has 208 valence electrons. The van der Waals surface area contributed by atoms with Crippen molar-refractivity contribution in [1.82, 2.24) is 35.6 Å². The van der Waals surface area contributed by atoms with Gasteiger partial charge in [-0.3, -0.25) is 9.69 Å². The summed E-state index contributed by atoms with van der Waals surface area (Å²) in [6.45, 7) is 3.43. The van der Waals surface area contributed by atoms with Gasteiger partial charge in [-0.25, -0.2) is 14.4 Å². The summed E-state index contributed by atoms with van der Waals surface area (Å²) in [5.41, 5.74) is 9.95. The molecule has 3 heterocycles. The van der Waals surface area contributed by atoms with Crippen LogP contribution in [0.3, 0.4) is 0 Å². The largest absolute Gasteiger partial charge is 0.489 e. The number of halogens is 2. The lowest BCUT2D eigenvalue weighted by Gasteiger charge is -2.33. The van der Waals surface area contributed by atoms with E-state index >= 15 is 0 Å². The lowest BCUT2D eigenvalue weighted by atomic mass is 10.0. The van der Waals surface area contributed by atoms with Gasteiger partial charge in [-0.2, -0.15) is 9.78 Å². The molecule has 4 aromatic rings. The molecule has 12 nitrogen and oxygen atoms in total. The van der Waals surface area contributed by atoms with Gasteiger partial charge in [0.2, 0.25) is 11.6 Å². The second kappa shape index (κ2) is 12.2. The van der Waals surface area contributed by atoms with Crippen molar-refractivity contribution in [3.63, 3.8) is 0 Å². The number of benzene rings is 2. The third kappa shape index (κ3) is 6.10. The predicted octanol–water partition coefficient (Wildman–Crippen LogP) is 3.74. The lowest BCUT2D eigenvalue weighted by molar-refractivity contribution is 0.0945. The molecule has 5 rings (SSSR count). The first kappa shape index (κ1) is 27.2. The topological polar surface area (TPSA) is 150 Å². The molecule has 40 heavy (non-hydrogen) atoms. The van der Waals surface area contributed by atoms with E-state index in [9.17, 15) is 9.18 Å². The van der Waals surface area contributed by atoms with E-state index in [4.69, 9.17) is 26.7 Å². The highest BCUT2D eigenvalue weighted by Crippen LogP contribution is 2.23. The summed E-state index contributed by atoms with van der Waals surface area (Å²) in [4.78, 5) is 15.3. The monoisotopic (exact) mass is 567 g/mol. The normalized spacial score (nSPS) is 15.9. The number of aromatic nitrogens is 5. The maximum atomic E-state index is 14.0. The van der Waals surface area contributed by atoms with E-state index < -0.39 is 11.7 Å². The minimum atomic E-state index is -0.543. The van der Waals surface area contributed by atoms with Crippen molar-refractivity contribution in [2.24, 2.45) is 5.10 Å². The van der Waals surface area contributed by atoms with Crippen LogP contribution in [0.15, 0.2) is 52.2 Å². The summed E-state index contributed by atoms with van der Waals surface area (Å²) >= 11 is 6.05. The van der Waals surface area contributed by atoms with Crippen molar-refractivity contribution in [1.29, 1.82) is 0 Å². The van der Waals surface area contributed by atoms with E-state index in [1.54, 1.807) is 30.3 Å². The zero-order valence-electron chi connectivity index (χ0n) is 21.6. The summed E-state index contributed by atoms with van der Waals surface area (Å²) in [5.74, 6) is -0.252. The number of nitrogens with zero attached hydrogens (tertiary/aromatic N) is 7. The van der Waals surface area contributed by atoms with E-state index in [0.29, 0.717) is 34.6 Å². The first-order valence-corrected chi connectivity index (χ1v) is 13.0. The van der Waals surface area contributed by atoms with Crippen LogP contribution in [0, 0.1) is 5.82 Å². The number of hydrogen-bond acceptors (Lipinski definition) is 10. The standard InChI is InChI=1S/C26H27ClFN9O3/c1-16-5-2-3-12-36(16)14-22-23(31-35-37(22)25-24(29)33-40-34-25)26(38)32-30-13-17-8-10-18(11-9-17)39-15-19-20(27)6-4-7-21(19)28/h4,6-11,13,16H,2-3,5,12,14-15H2,1H3,(H2,29,33)(H,32,38)/b30-13-. The molecule has 14 heteroatoms. The highest BCUT2D eigenvalue weighted by atomic mass is 35.5. The summed E-state index contributed by atoms with van der Waals surface area (Å²) in [5, 5.41) is 20.0. The van der Waals surface area contributed by atoms with Crippen LogP contribution in [-0.2, 0) is 13.2 Å². The Balaban J connectivity index is 1.25. The maximum absolute atomic E-state index is 14.0. The molecule has 0 saturated carbocycles. The molecule has 2 aromatic carbocycles. The Labute approximate surface area is 233 Å². The van der Waals surface area contributed by atoms with Crippen LogP contribution in [-0.4, -0.2) is 54.9 Å². The molecule has 1 aliphatic rings. The number of carbonyl (C=O) groups is 1. The van der Waals surface area contributed by atoms with Gasteiger partial charge in [0, 0.05) is 18.2 Å². The van der Waals surface area contributed by atoms with Gasteiger partial charge in [-0.1, -0.05) is 29.3 Å². The highest BCUT2D eigenvalue weighted by Gasteiger charge is 2.28. The molecule has 1 saturated heterocycles. The average Bonchev–Trinajstić information content (AvgIpc) is 3.56. The molecule has 1 atom stereocenters.